The zero-order chi connectivity index (χ0) is 22.7. The maximum atomic E-state index is 12.9. The van der Waals surface area contributed by atoms with E-state index in [1.807, 2.05) is 35.7 Å². The van der Waals surface area contributed by atoms with Gasteiger partial charge in [0.15, 0.2) is 5.75 Å². The fourth-order valence-electron chi connectivity index (χ4n) is 3.39. The van der Waals surface area contributed by atoms with E-state index in [-0.39, 0.29) is 19.7 Å². The van der Waals surface area contributed by atoms with Crippen LogP contribution in [0.2, 0.25) is 5.02 Å². The third-order valence-electron chi connectivity index (χ3n) is 4.75. The highest BCUT2D eigenvalue weighted by Gasteiger charge is 2.27. The monoisotopic (exact) mass is 470 g/mol. The van der Waals surface area contributed by atoms with Crippen molar-refractivity contribution in [3.8, 4) is 16.9 Å². The van der Waals surface area contributed by atoms with E-state index >= 15 is 0 Å². The van der Waals surface area contributed by atoms with Crippen molar-refractivity contribution in [2.75, 3.05) is 29.9 Å². The topological polar surface area (TPSA) is 84.9 Å². The van der Waals surface area contributed by atoms with Crippen LogP contribution in [0.5, 0.6) is 5.75 Å². The second-order valence-electron chi connectivity index (χ2n) is 6.93. The highest BCUT2D eigenvalue weighted by molar-refractivity contribution is 7.15. The molecule has 1 aliphatic rings. The van der Waals surface area contributed by atoms with Crippen molar-refractivity contribution in [2.45, 2.75) is 6.92 Å². The average molecular weight is 471 g/mol. The molecule has 0 unspecified atom stereocenters. The summed E-state index contributed by atoms with van der Waals surface area (Å²) in [7, 11) is 0. The first kappa shape index (κ1) is 21.9. The Morgan fingerprint density at radius 1 is 1.22 bits per heavy atom. The Balaban J connectivity index is 1.59. The fourth-order valence-corrected chi connectivity index (χ4v) is 4.53. The van der Waals surface area contributed by atoms with Crippen LogP contribution in [0, 0.1) is 0 Å². The molecule has 4 rings (SSSR count). The number of carbonyl (C=O) groups is 3. The molecular weight excluding hydrogens is 452 g/mol. The van der Waals surface area contributed by atoms with Gasteiger partial charge in [0.1, 0.15) is 17.1 Å². The summed E-state index contributed by atoms with van der Waals surface area (Å²) < 4.78 is 10.4. The lowest BCUT2D eigenvalue weighted by molar-refractivity contribution is -0.133. The lowest BCUT2D eigenvalue weighted by atomic mass is 10.0. The molecule has 0 aliphatic carbocycles. The van der Waals surface area contributed by atoms with Crippen LogP contribution >= 0.6 is 22.9 Å². The van der Waals surface area contributed by atoms with E-state index < -0.39 is 17.8 Å². The number of nitrogens with one attached hydrogen (secondary N) is 1. The Kier molecular flexibility index (Phi) is 6.43. The number of hydrogen-bond donors (Lipinski definition) is 1. The third kappa shape index (κ3) is 4.61. The molecule has 0 atom stereocenters. The first-order chi connectivity index (χ1) is 15.5. The van der Waals surface area contributed by atoms with Crippen LogP contribution in [0.25, 0.3) is 11.1 Å². The smallest absolute Gasteiger partial charge is 0.341 e. The number of fused-ring (bicyclic) bond motifs is 1. The lowest BCUT2D eigenvalue weighted by Crippen LogP contribution is -2.41. The van der Waals surface area contributed by atoms with Gasteiger partial charge < -0.3 is 19.7 Å². The number of thiophene rings is 1. The number of ether oxygens (including phenoxy) is 2. The van der Waals surface area contributed by atoms with E-state index in [1.165, 1.54) is 11.3 Å². The summed E-state index contributed by atoms with van der Waals surface area (Å²) in [5, 5.41) is 5.46. The Labute approximate surface area is 193 Å². The minimum Gasteiger partial charge on any atom is -0.462 e. The maximum Gasteiger partial charge on any atom is 0.341 e. The molecule has 9 heteroatoms. The molecule has 2 heterocycles. The molecule has 0 saturated carbocycles. The summed E-state index contributed by atoms with van der Waals surface area (Å²) in [4.78, 5) is 39.1. The molecular formula is C23H19ClN2O5S. The largest absolute Gasteiger partial charge is 0.462 e. The van der Waals surface area contributed by atoms with Crippen LogP contribution in [0.15, 0.2) is 53.9 Å². The molecule has 0 radical (unpaired) electrons. The van der Waals surface area contributed by atoms with Crippen molar-refractivity contribution in [1.82, 2.24) is 0 Å². The van der Waals surface area contributed by atoms with Gasteiger partial charge in [-0.25, -0.2) is 9.59 Å². The summed E-state index contributed by atoms with van der Waals surface area (Å²) in [6.45, 7) is 1.72. The predicted octanol–water partition coefficient (Wildman–Crippen LogP) is 4.61. The number of nitrogens with zero attached hydrogens (tertiary/aromatic N) is 1. The van der Waals surface area contributed by atoms with E-state index in [9.17, 15) is 14.4 Å². The molecule has 3 aromatic rings. The van der Waals surface area contributed by atoms with Crippen LogP contribution in [0.1, 0.15) is 17.3 Å². The number of anilines is 2. The minimum absolute atomic E-state index is 0.0921. The number of esters is 2. The van der Waals surface area contributed by atoms with Crippen LogP contribution in [-0.4, -0.2) is 37.5 Å². The molecule has 1 aromatic heterocycles. The van der Waals surface area contributed by atoms with E-state index in [0.717, 1.165) is 5.56 Å². The highest BCUT2D eigenvalue weighted by Crippen LogP contribution is 2.37. The Hall–Kier alpha value is -3.36. The van der Waals surface area contributed by atoms with Crippen molar-refractivity contribution >= 4 is 51.5 Å². The molecule has 1 amide bonds. The zero-order valence-corrected chi connectivity index (χ0v) is 18.7. The van der Waals surface area contributed by atoms with Crippen LogP contribution < -0.4 is 15.0 Å². The van der Waals surface area contributed by atoms with Gasteiger partial charge >= 0.3 is 11.9 Å². The van der Waals surface area contributed by atoms with Gasteiger partial charge in [-0.15, -0.1) is 11.3 Å². The van der Waals surface area contributed by atoms with Gasteiger partial charge in [0.25, 0.3) is 0 Å². The molecule has 164 valence electrons. The van der Waals surface area contributed by atoms with Gasteiger partial charge in [-0.1, -0.05) is 41.9 Å². The summed E-state index contributed by atoms with van der Waals surface area (Å²) in [6.07, 6.45) is 0. The first-order valence-electron chi connectivity index (χ1n) is 9.85. The Morgan fingerprint density at radius 3 is 2.75 bits per heavy atom. The fraction of sp³-hybridized carbons (Fsp3) is 0.174. The van der Waals surface area contributed by atoms with Crippen molar-refractivity contribution in [1.29, 1.82) is 0 Å². The quantitative estimate of drug-likeness (QED) is 0.418. The standard InChI is InChI=1S/C23H19ClN2O5S/c1-2-30-23(29)21-16(14-6-4-3-5-7-14)13-32-22(21)25-19(27)11-26-12-20(28)31-18-9-8-15(24)10-17(18)26/h3-10,13H,2,11-12H2,1H3,(H,25,27). The van der Waals surface area contributed by atoms with Crippen LogP contribution in [-0.2, 0) is 14.3 Å². The molecule has 0 fully saturated rings. The first-order valence-corrected chi connectivity index (χ1v) is 11.1. The number of amides is 1. The lowest BCUT2D eigenvalue weighted by Gasteiger charge is -2.29. The van der Waals surface area contributed by atoms with Crippen LogP contribution in [0.4, 0.5) is 10.7 Å². The number of carbonyl (C=O) groups excluding carboxylic acids is 3. The van der Waals surface area contributed by atoms with Crippen LogP contribution in [0.3, 0.4) is 0 Å². The van der Waals surface area contributed by atoms with Gasteiger partial charge in [0, 0.05) is 16.0 Å². The van der Waals surface area contributed by atoms with Crippen molar-refractivity contribution < 1.29 is 23.9 Å². The van der Waals surface area contributed by atoms with Gasteiger partial charge in [0.05, 0.1) is 18.8 Å². The van der Waals surface area contributed by atoms with Gasteiger partial charge in [-0.2, -0.15) is 0 Å². The van der Waals surface area contributed by atoms with Crippen molar-refractivity contribution in [2.24, 2.45) is 0 Å². The number of benzene rings is 2. The highest BCUT2D eigenvalue weighted by atomic mass is 35.5. The summed E-state index contributed by atoms with van der Waals surface area (Å²) in [5.41, 5.74) is 2.38. The Morgan fingerprint density at radius 2 is 2.00 bits per heavy atom. The zero-order valence-electron chi connectivity index (χ0n) is 17.1. The van der Waals surface area contributed by atoms with Gasteiger partial charge in [-0.05, 0) is 30.7 Å². The number of hydrogen-bond acceptors (Lipinski definition) is 7. The van der Waals surface area contributed by atoms with E-state index in [4.69, 9.17) is 21.1 Å². The second-order valence-corrected chi connectivity index (χ2v) is 8.25. The number of halogens is 1. The molecule has 1 N–H and O–H groups in total. The SMILES string of the molecule is CCOC(=O)c1c(-c2ccccc2)csc1NC(=O)CN1CC(=O)Oc2ccc(Cl)cc21. The average Bonchev–Trinajstić information content (AvgIpc) is 3.18. The van der Waals surface area contributed by atoms with Crippen molar-refractivity contribution in [3.05, 3.63) is 64.5 Å². The molecule has 2 aromatic carbocycles. The molecule has 32 heavy (non-hydrogen) atoms. The predicted molar refractivity (Wildman–Crippen MR) is 124 cm³/mol. The Bertz CT molecular complexity index is 1180. The summed E-state index contributed by atoms with van der Waals surface area (Å²) >= 11 is 7.31. The molecule has 7 nitrogen and oxygen atoms in total. The summed E-state index contributed by atoms with van der Waals surface area (Å²) in [6, 6.07) is 14.2. The second kappa shape index (κ2) is 9.42. The van der Waals surface area contributed by atoms with E-state index in [0.29, 0.717) is 32.6 Å². The van der Waals surface area contributed by atoms with Gasteiger partial charge in [0.2, 0.25) is 5.91 Å². The molecule has 0 saturated heterocycles. The molecule has 0 bridgehead atoms. The normalized spacial score (nSPS) is 12.7. The van der Waals surface area contributed by atoms with E-state index in [1.54, 1.807) is 30.0 Å². The summed E-state index contributed by atoms with van der Waals surface area (Å²) in [5.74, 6) is -1.03. The maximum absolute atomic E-state index is 12.9. The molecule has 1 aliphatic heterocycles. The van der Waals surface area contributed by atoms with E-state index in [2.05, 4.69) is 5.32 Å². The number of rotatable bonds is 6. The minimum atomic E-state index is -0.512. The van der Waals surface area contributed by atoms with Gasteiger partial charge in [-0.3, -0.25) is 4.79 Å². The van der Waals surface area contributed by atoms with Crippen molar-refractivity contribution in [3.63, 3.8) is 0 Å². The third-order valence-corrected chi connectivity index (χ3v) is 5.88. The molecule has 0 spiro atoms.